The molecule has 0 bridgehead atoms. The van der Waals surface area contributed by atoms with Crippen LogP contribution >= 0.6 is 0 Å². The van der Waals surface area contributed by atoms with E-state index in [2.05, 4.69) is 25.2 Å². The van der Waals surface area contributed by atoms with Gasteiger partial charge in [0.15, 0.2) is 9.84 Å². The van der Waals surface area contributed by atoms with Gasteiger partial charge in [-0.2, -0.15) is 0 Å². The molecule has 4 nitrogen and oxygen atoms in total. The molecule has 1 saturated heterocycles. The van der Waals surface area contributed by atoms with Crippen molar-refractivity contribution in [2.75, 3.05) is 18.1 Å². The molecule has 0 aliphatic carbocycles. The molecule has 2 unspecified atom stereocenters. The van der Waals surface area contributed by atoms with Gasteiger partial charge in [-0.25, -0.2) is 8.42 Å². The molecule has 5 heteroatoms. The Hall–Kier alpha value is -1.07. The molecule has 1 N–H and O–H groups in total. The van der Waals surface area contributed by atoms with Crippen LogP contribution in [-0.2, 0) is 9.84 Å². The fraction of sp³-hybridized carbons (Fsp3) is 0.625. The number of hydrogen-bond acceptors (Lipinski definition) is 4. The van der Waals surface area contributed by atoms with E-state index in [0.717, 1.165) is 30.7 Å². The molecule has 1 fully saturated rings. The third kappa shape index (κ3) is 4.45. The highest BCUT2D eigenvalue weighted by Crippen LogP contribution is 2.29. The first kappa shape index (κ1) is 16.3. The molecule has 1 aliphatic heterocycles. The van der Waals surface area contributed by atoms with Crippen LogP contribution in [0.3, 0.4) is 0 Å². The summed E-state index contributed by atoms with van der Waals surface area (Å²) in [5, 5.41) is 3.52. The smallest absolute Gasteiger partial charge is 0.154 e. The van der Waals surface area contributed by atoms with E-state index in [0.29, 0.717) is 6.42 Å². The molecule has 1 aromatic rings. The largest absolute Gasteiger partial charge is 0.489 e. The second-order valence-corrected chi connectivity index (χ2v) is 7.82. The van der Waals surface area contributed by atoms with Gasteiger partial charge in [0.25, 0.3) is 0 Å². The highest BCUT2D eigenvalue weighted by atomic mass is 32.2. The Bertz CT molecular complexity index is 556. The Morgan fingerprint density at radius 2 is 2.10 bits per heavy atom. The standard InChI is InChI=1S/C16H25NO3S/c1-3-10-17-15(4-2)14-7-5-6-8-16(14)20-13-9-11-21(18,19)12-13/h5-8,13,15,17H,3-4,9-12H2,1-2H3. The first-order valence-electron chi connectivity index (χ1n) is 7.75. The Kier molecular flexibility index (Phi) is 5.65. The van der Waals surface area contributed by atoms with Gasteiger partial charge in [0.05, 0.1) is 11.5 Å². The van der Waals surface area contributed by atoms with E-state index in [1.54, 1.807) is 0 Å². The van der Waals surface area contributed by atoms with Crippen LogP contribution in [0.4, 0.5) is 0 Å². The van der Waals surface area contributed by atoms with Crippen LogP contribution in [0.25, 0.3) is 0 Å². The van der Waals surface area contributed by atoms with Crippen LogP contribution in [-0.4, -0.2) is 32.6 Å². The number of rotatable bonds is 7. The van der Waals surface area contributed by atoms with Crippen LogP contribution in [0.5, 0.6) is 5.75 Å². The van der Waals surface area contributed by atoms with Gasteiger partial charge in [-0.3, -0.25) is 0 Å². The van der Waals surface area contributed by atoms with E-state index in [9.17, 15) is 8.42 Å². The van der Waals surface area contributed by atoms with Crippen LogP contribution in [0, 0.1) is 0 Å². The van der Waals surface area contributed by atoms with Crippen molar-refractivity contribution in [1.82, 2.24) is 5.32 Å². The second kappa shape index (κ2) is 7.27. The van der Waals surface area contributed by atoms with Crippen molar-refractivity contribution in [3.05, 3.63) is 29.8 Å². The Morgan fingerprint density at radius 1 is 1.33 bits per heavy atom. The summed E-state index contributed by atoms with van der Waals surface area (Å²) in [7, 11) is -2.91. The molecule has 0 radical (unpaired) electrons. The van der Waals surface area contributed by atoms with E-state index in [-0.39, 0.29) is 23.7 Å². The van der Waals surface area contributed by atoms with Gasteiger partial charge in [-0.1, -0.05) is 32.0 Å². The summed E-state index contributed by atoms with van der Waals surface area (Å²) in [5.74, 6) is 1.20. The van der Waals surface area contributed by atoms with E-state index in [1.165, 1.54) is 0 Å². The first-order chi connectivity index (χ1) is 10.1. The number of benzene rings is 1. The van der Waals surface area contributed by atoms with Crippen molar-refractivity contribution in [2.24, 2.45) is 0 Å². The lowest BCUT2D eigenvalue weighted by Gasteiger charge is -2.22. The van der Waals surface area contributed by atoms with Gasteiger partial charge >= 0.3 is 0 Å². The third-order valence-corrected chi connectivity index (χ3v) is 5.57. The number of para-hydroxylation sites is 1. The zero-order valence-electron chi connectivity index (χ0n) is 12.8. The van der Waals surface area contributed by atoms with Crippen molar-refractivity contribution in [3.8, 4) is 5.75 Å². The molecule has 0 spiro atoms. The molecule has 118 valence electrons. The summed E-state index contributed by atoms with van der Waals surface area (Å²) in [6.07, 6.45) is 2.44. The monoisotopic (exact) mass is 311 g/mol. The number of ether oxygens (including phenoxy) is 1. The van der Waals surface area contributed by atoms with Crippen LogP contribution < -0.4 is 10.1 Å². The molecular formula is C16H25NO3S. The Labute approximate surface area is 127 Å². The zero-order chi connectivity index (χ0) is 15.3. The number of sulfone groups is 1. The van der Waals surface area contributed by atoms with Crippen molar-refractivity contribution in [1.29, 1.82) is 0 Å². The summed E-state index contributed by atoms with van der Waals surface area (Å²) in [6.45, 7) is 5.25. The SMILES string of the molecule is CCCNC(CC)c1ccccc1OC1CCS(=O)(=O)C1. The molecule has 1 aliphatic rings. The molecular weight excluding hydrogens is 286 g/mol. The minimum atomic E-state index is -2.91. The van der Waals surface area contributed by atoms with Crippen molar-refractivity contribution in [3.63, 3.8) is 0 Å². The molecule has 1 aromatic carbocycles. The number of nitrogens with one attached hydrogen (secondary N) is 1. The van der Waals surface area contributed by atoms with Crippen molar-refractivity contribution in [2.45, 2.75) is 45.3 Å². The molecule has 1 heterocycles. The van der Waals surface area contributed by atoms with Crippen molar-refractivity contribution >= 4 is 9.84 Å². The summed E-state index contributed by atoms with van der Waals surface area (Å²) in [5.41, 5.74) is 1.12. The molecule has 0 saturated carbocycles. The van der Waals surface area contributed by atoms with E-state index < -0.39 is 9.84 Å². The highest BCUT2D eigenvalue weighted by Gasteiger charge is 2.30. The summed E-state index contributed by atoms with van der Waals surface area (Å²) in [6, 6.07) is 8.20. The fourth-order valence-corrected chi connectivity index (χ4v) is 4.29. The molecule has 0 amide bonds. The van der Waals surface area contributed by atoms with Gasteiger partial charge in [0.1, 0.15) is 11.9 Å². The van der Waals surface area contributed by atoms with Gasteiger partial charge in [0, 0.05) is 11.6 Å². The fourth-order valence-electron chi connectivity index (χ4n) is 2.70. The maximum absolute atomic E-state index is 11.6. The number of hydrogen-bond donors (Lipinski definition) is 1. The van der Waals surface area contributed by atoms with E-state index in [1.807, 2.05) is 18.2 Å². The van der Waals surface area contributed by atoms with Gasteiger partial charge < -0.3 is 10.1 Å². The maximum Gasteiger partial charge on any atom is 0.154 e. The van der Waals surface area contributed by atoms with Gasteiger partial charge in [-0.05, 0) is 31.9 Å². The quantitative estimate of drug-likeness (QED) is 0.841. The van der Waals surface area contributed by atoms with Crippen LogP contribution in [0.2, 0.25) is 0 Å². The zero-order valence-corrected chi connectivity index (χ0v) is 13.7. The Morgan fingerprint density at radius 3 is 2.71 bits per heavy atom. The minimum Gasteiger partial charge on any atom is -0.489 e. The summed E-state index contributed by atoms with van der Waals surface area (Å²) in [4.78, 5) is 0. The average molecular weight is 311 g/mol. The second-order valence-electron chi connectivity index (χ2n) is 5.60. The molecule has 0 aromatic heterocycles. The maximum atomic E-state index is 11.6. The lowest BCUT2D eigenvalue weighted by molar-refractivity contribution is 0.224. The molecule has 2 atom stereocenters. The normalized spacial score (nSPS) is 22.1. The topological polar surface area (TPSA) is 55.4 Å². The average Bonchev–Trinajstić information content (AvgIpc) is 2.80. The van der Waals surface area contributed by atoms with Crippen molar-refractivity contribution < 1.29 is 13.2 Å². The third-order valence-electron chi connectivity index (χ3n) is 3.83. The van der Waals surface area contributed by atoms with Gasteiger partial charge in [0.2, 0.25) is 0 Å². The first-order valence-corrected chi connectivity index (χ1v) is 9.57. The molecule has 2 rings (SSSR count). The van der Waals surface area contributed by atoms with E-state index >= 15 is 0 Å². The lowest BCUT2D eigenvalue weighted by atomic mass is 10.0. The lowest BCUT2D eigenvalue weighted by Crippen LogP contribution is -2.24. The van der Waals surface area contributed by atoms with Crippen LogP contribution in [0.15, 0.2) is 24.3 Å². The Balaban J connectivity index is 2.12. The summed E-state index contributed by atoms with van der Waals surface area (Å²) >= 11 is 0. The summed E-state index contributed by atoms with van der Waals surface area (Å²) < 4.78 is 29.1. The van der Waals surface area contributed by atoms with E-state index in [4.69, 9.17) is 4.74 Å². The van der Waals surface area contributed by atoms with Gasteiger partial charge in [-0.15, -0.1) is 0 Å². The highest BCUT2D eigenvalue weighted by molar-refractivity contribution is 7.91. The molecule has 21 heavy (non-hydrogen) atoms. The minimum absolute atomic E-state index is 0.139. The predicted octanol–water partition coefficient (Wildman–Crippen LogP) is 2.70. The predicted molar refractivity (Wildman–Crippen MR) is 85.5 cm³/mol. The van der Waals surface area contributed by atoms with Crippen LogP contribution in [0.1, 0.15) is 44.7 Å².